The summed E-state index contributed by atoms with van der Waals surface area (Å²) in [6.07, 6.45) is 5.03. The van der Waals surface area contributed by atoms with Gasteiger partial charge in [0.15, 0.2) is 0 Å². The molecule has 2 fully saturated rings. The number of nitrogens with one attached hydrogen (secondary N) is 2. The van der Waals surface area contributed by atoms with E-state index in [0.29, 0.717) is 6.54 Å². The first-order valence-electron chi connectivity index (χ1n) is 8.55. The third kappa shape index (κ3) is 4.63. The van der Waals surface area contributed by atoms with Crippen LogP contribution in [0.1, 0.15) is 37.7 Å². The number of benzene rings is 1. The Balaban J connectivity index is 0.00000208. The van der Waals surface area contributed by atoms with Gasteiger partial charge in [-0.3, -0.25) is 4.79 Å². The van der Waals surface area contributed by atoms with Crippen LogP contribution in [-0.4, -0.2) is 38.3 Å². The van der Waals surface area contributed by atoms with Crippen molar-refractivity contribution in [1.29, 1.82) is 0 Å². The summed E-state index contributed by atoms with van der Waals surface area (Å²) in [5.74, 6) is 0.123. The minimum atomic E-state index is -0.0759. The van der Waals surface area contributed by atoms with Crippen molar-refractivity contribution in [1.82, 2.24) is 10.6 Å². The molecule has 2 N–H and O–H groups in total. The van der Waals surface area contributed by atoms with Crippen molar-refractivity contribution in [3.8, 4) is 0 Å². The van der Waals surface area contributed by atoms with Crippen LogP contribution in [0.25, 0.3) is 0 Å². The molecule has 0 bridgehead atoms. The van der Waals surface area contributed by atoms with Gasteiger partial charge in [-0.15, -0.1) is 12.4 Å². The summed E-state index contributed by atoms with van der Waals surface area (Å²) in [7, 11) is 0. The van der Waals surface area contributed by atoms with Crippen LogP contribution >= 0.6 is 24.0 Å². The molecule has 1 amide bonds. The van der Waals surface area contributed by atoms with Crippen LogP contribution in [0, 0.1) is 0 Å². The molecule has 1 aromatic rings. The molecule has 134 valence electrons. The monoisotopic (exact) mass is 372 g/mol. The van der Waals surface area contributed by atoms with Gasteiger partial charge in [-0.05, 0) is 49.9 Å². The average Bonchev–Trinajstić information content (AvgIpc) is 2.61. The van der Waals surface area contributed by atoms with E-state index in [-0.39, 0.29) is 29.8 Å². The Bertz CT molecular complexity index is 542. The zero-order chi connectivity index (χ0) is 16.1. The van der Waals surface area contributed by atoms with Gasteiger partial charge in [0.25, 0.3) is 0 Å². The topological polar surface area (TPSA) is 50.4 Å². The number of hydrogen-bond acceptors (Lipinski definition) is 3. The highest BCUT2D eigenvalue weighted by molar-refractivity contribution is 6.30. The van der Waals surface area contributed by atoms with Crippen molar-refractivity contribution in [2.45, 2.75) is 43.6 Å². The predicted octanol–water partition coefficient (Wildman–Crippen LogP) is 3.07. The van der Waals surface area contributed by atoms with Crippen molar-refractivity contribution in [3.63, 3.8) is 0 Å². The van der Waals surface area contributed by atoms with Gasteiger partial charge < -0.3 is 15.4 Å². The van der Waals surface area contributed by atoms with Gasteiger partial charge in [0.1, 0.15) is 0 Å². The molecule has 1 aromatic carbocycles. The molecule has 0 spiro atoms. The van der Waals surface area contributed by atoms with Gasteiger partial charge in [0.05, 0.1) is 6.04 Å². The number of halogens is 2. The number of hydrogen-bond donors (Lipinski definition) is 2. The van der Waals surface area contributed by atoms with E-state index in [0.717, 1.165) is 56.9 Å². The van der Waals surface area contributed by atoms with Gasteiger partial charge in [-0.25, -0.2) is 0 Å². The smallest absolute Gasteiger partial charge is 0.237 e. The lowest BCUT2D eigenvalue weighted by Crippen LogP contribution is -2.51. The number of ether oxygens (including phenoxy) is 1. The standard InChI is InChI=1S/C18H25ClN2O2.ClH/c19-15-5-3-4-14(12-15)18(7-10-23-11-8-18)13-21-17(22)16-6-1-2-9-20-16;/h3-5,12,16,20H,1-2,6-11,13H2,(H,21,22);1H. The minimum Gasteiger partial charge on any atom is -0.381 e. The van der Waals surface area contributed by atoms with E-state index in [2.05, 4.69) is 16.7 Å². The third-order valence-electron chi connectivity index (χ3n) is 5.11. The second-order valence-corrected chi connectivity index (χ2v) is 7.06. The zero-order valence-electron chi connectivity index (χ0n) is 13.9. The Kier molecular flexibility index (Phi) is 7.35. The van der Waals surface area contributed by atoms with Crippen molar-refractivity contribution >= 4 is 29.9 Å². The molecule has 1 unspecified atom stereocenters. The van der Waals surface area contributed by atoms with Gasteiger partial charge >= 0.3 is 0 Å². The normalized spacial score (nSPS) is 23.1. The maximum atomic E-state index is 12.5. The molecule has 2 heterocycles. The molecule has 2 saturated heterocycles. The molecule has 0 saturated carbocycles. The summed E-state index contributed by atoms with van der Waals surface area (Å²) in [5, 5.41) is 7.24. The van der Waals surface area contributed by atoms with Crippen LogP contribution in [0.3, 0.4) is 0 Å². The van der Waals surface area contributed by atoms with Crippen LogP contribution in [0.4, 0.5) is 0 Å². The summed E-state index contributed by atoms with van der Waals surface area (Å²) in [5.41, 5.74) is 1.12. The summed E-state index contributed by atoms with van der Waals surface area (Å²) in [4.78, 5) is 12.5. The minimum absolute atomic E-state index is 0. The Morgan fingerprint density at radius 3 is 2.79 bits per heavy atom. The van der Waals surface area contributed by atoms with Crippen LogP contribution in [-0.2, 0) is 14.9 Å². The summed E-state index contributed by atoms with van der Waals surface area (Å²) >= 11 is 6.18. The van der Waals surface area contributed by atoms with Crippen LogP contribution in [0.2, 0.25) is 5.02 Å². The first-order valence-corrected chi connectivity index (χ1v) is 8.92. The van der Waals surface area contributed by atoms with Crippen molar-refractivity contribution in [2.75, 3.05) is 26.3 Å². The molecule has 0 radical (unpaired) electrons. The number of piperidine rings is 1. The van der Waals surface area contributed by atoms with Gasteiger partial charge in [0, 0.05) is 30.2 Å². The molecule has 1 atom stereocenters. The fraction of sp³-hybridized carbons (Fsp3) is 0.611. The maximum Gasteiger partial charge on any atom is 0.237 e. The second-order valence-electron chi connectivity index (χ2n) is 6.62. The van der Waals surface area contributed by atoms with E-state index in [9.17, 15) is 4.79 Å². The molecule has 0 aromatic heterocycles. The third-order valence-corrected chi connectivity index (χ3v) is 5.35. The number of rotatable bonds is 4. The van der Waals surface area contributed by atoms with Crippen molar-refractivity contribution in [2.24, 2.45) is 0 Å². The zero-order valence-corrected chi connectivity index (χ0v) is 15.4. The Hall–Kier alpha value is -0.810. The quantitative estimate of drug-likeness (QED) is 0.853. The Morgan fingerprint density at radius 2 is 2.12 bits per heavy atom. The highest BCUT2D eigenvalue weighted by Crippen LogP contribution is 2.35. The molecule has 6 heteroatoms. The molecular formula is C18H26Cl2N2O2. The van der Waals surface area contributed by atoms with Crippen LogP contribution < -0.4 is 10.6 Å². The molecule has 2 aliphatic rings. The fourth-order valence-corrected chi connectivity index (χ4v) is 3.79. The summed E-state index contributed by atoms with van der Waals surface area (Å²) in [6, 6.07) is 7.97. The Labute approximate surface area is 155 Å². The molecule has 4 nitrogen and oxygen atoms in total. The van der Waals surface area contributed by atoms with Gasteiger partial charge in [-0.2, -0.15) is 0 Å². The van der Waals surface area contributed by atoms with Crippen molar-refractivity contribution < 1.29 is 9.53 Å². The SMILES string of the molecule is Cl.O=C(NCC1(c2cccc(Cl)c2)CCOCC1)C1CCCCN1. The fourth-order valence-electron chi connectivity index (χ4n) is 3.60. The molecule has 3 rings (SSSR count). The highest BCUT2D eigenvalue weighted by atomic mass is 35.5. The molecular weight excluding hydrogens is 347 g/mol. The van der Waals surface area contributed by atoms with Crippen LogP contribution in [0.5, 0.6) is 0 Å². The van der Waals surface area contributed by atoms with Gasteiger partial charge in [-0.1, -0.05) is 30.2 Å². The van der Waals surface area contributed by atoms with E-state index < -0.39 is 0 Å². The highest BCUT2D eigenvalue weighted by Gasteiger charge is 2.35. The number of carbonyl (C=O) groups is 1. The lowest BCUT2D eigenvalue weighted by Gasteiger charge is -2.38. The first-order chi connectivity index (χ1) is 11.2. The number of amides is 1. The van der Waals surface area contributed by atoms with E-state index in [4.69, 9.17) is 16.3 Å². The second kappa shape index (κ2) is 9.04. The number of carbonyl (C=O) groups excluding carboxylic acids is 1. The van der Waals surface area contributed by atoms with E-state index in [1.165, 1.54) is 5.56 Å². The molecule has 0 aliphatic carbocycles. The molecule has 2 aliphatic heterocycles. The summed E-state index contributed by atoms with van der Waals surface area (Å²) in [6.45, 7) is 3.03. The van der Waals surface area contributed by atoms with Crippen molar-refractivity contribution in [3.05, 3.63) is 34.9 Å². The van der Waals surface area contributed by atoms with E-state index in [1.807, 2.05) is 18.2 Å². The largest absolute Gasteiger partial charge is 0.381 e. The van der Waals surface area contributed by atoms with Gasteiger partial charge in [0.2, 0.25) is 5.91 Å². The first kappa shape index (κ1) is 19.5. The van der Waals surface area contributed by atoms with E-state index >= 15 is 0 Å². The van der Waals surface area contributed by atoms with E-state index in [1.54, 1.807) is 0 Å². The summed E-state index contributed by atoms with van der Waals surface area (Å²) < 4.78 is 5.54. The van der Waals surface area contributed by atoms with Crippen LogP contribution in [0.15, 0.2) is 24.3 Å². The lowest BCUT2D eigenvalue weighted by atomic mass is 9.74. The predicted molar refractivity (Wildman–Crippen MR) is 99.1 cm³/mol. The lowest BCUT2D eigenvalue weighted by molar-refractivity contribution is -0.124. The molecule has 24 heavy (non-hydrogen) atoms. The Morgan fingerprint density at radius 1 is 1.33 bits per heavy atom. The average molecular weight is 373 g/mol. The maximum absolute atomic E-state index is 12.5.